The molecule has 1 aromatic heterocycles. The van der Waals surface area contributed by atoms with Crippen LogP contribution in [0.1, 0.15) is 25.0 Å². The predicted molar refractivity (Wildman–Crippen MR) is 89.9 cm³/mol. The van der Waals surface area contributed by atoms with Crippen molar-refractivity contribution in [2.75, 3.05) is 5.32 Å². The summed E-state index contributed by atoms with van der Waals surface area (Å²) in [4.78, 5) is 12.4. The molecule has 0 saturated heterocycles. The van der Waals surface area contributed by atoms with Crippen LogP contribution in [0.25, 0.3) is 5.69 Å². The van der Waals surface area contributed by atoms with Gasteiger partial charge in [-0.25, -0.2) is 4.68 Å². The quantitative estimate of drug-likeness (QED) is 0.881. The van der Waals surface area contributed by atoms with Gasteiger partial charge in [0.2, 0.25) is 5.91 Å². The first-order valence-corrected chi connectivity index (χ1v) is 8.21. The van der Waals surface area contributed by atoms with Crippen molar-refractivity contribution in [1.82, 2.24) is 9.78 Å². The second kappa shape index (κ2) is 6.22. The van der Waals surface area contributed by atoms with E-state index in [1.165, 1.54) is 0 Å². The summed E-state index contributed by atoms with van der Waals surface area (Å²) in [6.07, 6.45) is 2.54. The number of carbonyl (C=O) groups is 1. The van der Waals surface area contributed by atoms with Gasteiger partial charge in [0.05, 0.1) is 11.4 Å². The molecule has 6 heteroatoms. The van der Waals surface area contributed by atoms with Crippen molar-refractivity contribution in [3.8, 4) is 5.69 Å². The summed E-state index contributed by atoms with van der Waals surface area (Å²) >= 11 is 3.46. The largest absolute Gasteiger partial charge is 0.328 e. The summed E-state index contributed by atoms with van der Waals surface area (Å²) < 4.78 is 2.73. The SMILES string of the molecule is Cc1cc(NC(=O)C2CCC(N)C2)n(-c2cccc(Br)c2)n1. The molecule has 22 heavy (non-hydrogen) atoms. The zero-order chi connectivity index (χ0) is 15.7. The second-order valence-corrected chi connectivity index (χ2v) is 6.74. The first-order valence-electron chi connectivity index (χ1n) is 7.42. The van der Waals surface area contributed by atoms with E-state index >= 15 is 0 Å². The molecule has 2 unspecified atom stereocenters. The first kappa shape index (κ1) is 15.2. The van der Waals surface area contributed by atoms with Crippen LogP contribution in [0.2, 0.25) is 0 Å². The van der Waals surface area contributed by atoms with Crippen molar-refractivity contribution in [3.63, 3.8) is 0 Å². The molecule has 2 atom stereocenters. The lowest BCUT2D eigenvalue weighted by Gasteiger charge is -2.12. The molecule has 1 heterocycles. The molecule has 1 saturated carbocycles. The Labute approximate surface area is 138 Å². The molecule has 5 nitrogen and oxygen atoms in total. The highest BCUT2D eigenvalue weighted by molar-refractivity contribution is 9.10. The third-order valence-corrected chi connectivity index (χ3v) is 4.47. The number of rotatable bonds is 3. The van der Waals surface area contributed by atoms with E-state index in [-0.39, 0.29) is 17.9 Å². The number of nitrogens with two attached hydrogens (primary N) is 1. The van der Waals surface area contributed by atoms with E-state index in [0.29, 0.717) is 5.82 Å². The van der Waals surface area contributed by atoms with Gasteiger partial charge < -0.3 is 11.1 Å². The minimum absolute atomic E-state index is 0.00108. The van der Waals surface area contributed by atoms with Gasteiger partial charge in [-0.1, -0.05) is 22.0 Å². The minimum atomic E-state index is 0.00108. The molecule has 1 fully saturated rings. The Morgan fingerprint density at radius 3 is 2.91 bits per heavy atom. The van der Waals surface area contributed by atoms with Gasteiger partial charge in [0.25, 0.3) is 0 Å². The van der Waals surface area contributed by atoms with Gasteiger partial charge in [-0.2, -0.15) is 5.10 Å². The molecule has 1 aliphatic rings. The van der Waals surface area contributed by atoms with E-state index < -0.39 is 0 Å². The van der Waals surface area contributed by atoms with Crippen LogP contribution in [-0.4, -0.2) is 21.7 Å². The van der Waals surface area contributed by atoms with Crippen LogP contribution in [0.4, 0.5) is 5.82 Å². The first-order chi connectivity index (χ1) is 10.5. The van der Waals surface area contributed by atoms with Crippen LogP contribution in [0.5, 0.6) is 0 Å². The molecule has 0 bridgehead atoms. The number of hydrogen-bond donors (Lipinski definition) is 2. The number of nitrogens with zero attached hydrogens (tertiary/aromatic N) is 2. The number of halogens is 1. The molecular weight excluding hydrogens is 344 g/mol. The molecular formula is C16H19BrN4O. The Morgan fingerprint density at radius 1 is 1.41 bits per heavy atom. The monoisotopic (exact) mass is 362 g/mol. The summed E-state index contributed by atoms with van der Waals surface area (Å²) in [5.41, 5.74) is 7.66. The van der Waals surface area contributed by atoms with E-state index in [1.54, 1.807) is 4.68 Å². The van der Waals surface area contributed by atoms with E-state index in [0.717, 1.165) is 35.1 Å². The van der Waals surface area contributed by atoms with Crippen LogP contribution in [0.3, 0.4) is 0 Å². The number of carbonyl (C=O) groups excluding carboxylic acids is 1. The van der Waals surface area contributed by atoms with Gasteiger partial charge in [0.15, 0.2) is 0 Å². The number of amides is 1. The van der Waals surface area contributed by atoms with Gasteiger partial charge in [-0.15, -0.1) is 0 Å². The standard InChI is InChI=1S/C16H19BrN4O/c1-10-7-15(19-16(22)11-5-6-13(18)8-11)21(20-10)14-4-2-3-12(17)9-14/h2-4,7,9,11,13H,5-6,8,18H2,1H3,(H,19,22). The highest BCUT2D eigenvalue weighted by Crippen LogP contribution is 2.26. The molecule has 1 aromatic carbocycles. The molecule has 1 amide bonds. The average Bonchev–Trinajstić information content (AvgIpc) is 3.05. The van der Waals surface area contributed by atoms with E-state index in [1.807, 2.05) is 37.3 Å². The Bertz CT molecular complexity index is 697. The van der Waals surface area contributed by atoms with Gasteiger partial charge in [-0.3, -0.25) is 4.79 Å². The van der Waals surface area contributed by atoms with E-state index in [4.69, 9.17) is 5.73 Å². The topological polar surface area (TPSA) is 72.9 Å². The summed E-state index contributed by atoms with van der Waals surface area (Å²) in [7, 11) is 0. The Hall–Kier alpha value is -1.66. The fourth-order valence-corrected chi connectivity index (χ4v) is 3.26. The third-order valence-electron chi connectivity index (χ3n) is 3.98. The minimum Gasteiger partial charge on any atom is -0.328 e. The van der Waals surface area contributed by atoms with Crippen LogP contribution in [0.15, 0.2) is 34.8 Å². The predicted octanol–water partition coefficient (Wildman–Crippen LogP) is 3.01. The number of anilines is 1. The number of hydrogen-bond acceptors (Lipinski definition) is 3. The maximum absolute atomic E-state index is 12.4. The molecule has 0 aliphatic heterocycles. The smallest absolute Gasteiger partial charge is 0.228 e. The lowest BCUT2D eigenvalue weighted by Crippen LogP contribution is -2.24. The van der Waals surface area contributed by atoms with Crippen LogP contribution in [0, 0.1) is 12.8 Å². The highest BCUT2D eigenvalue weighted by Gasteiger charge is 2.28. The molecule has 2 aromatic rings. The van der Waals surface area contributed by atoms with Gasteiger partial charge >= 0.3 is 0 Å². The van der Waals surface area contributed by atoms with Gasteiger partial charge in [-0.05, 0) is 44.4 Å². The summed E-state index contributed by atoms with van der Waals surface area (Å²) in [6, 6.07) is 9.85. The van der Waals surface area contributed by atoms with Gasteiger partial charge in [0, 0.05) is 22.5 Å². The van der Waals surface area contributed by atoms with E-state index in [9.17, 15) is 4.79 Å². The molecule has 1 aliphatic carbocycles. The molecule has 116 valence electrons. The second-order valence-electron chi connectivity index (χ2n) is 5.82. The van der Waals surface area contributed by atoms with Crippen molar-refractivity contribution in [2.24, 2.45) is 11.7 Å². The Morgan fingerprint density at radius 2 is 2.23 bits per heavy atom. The zero-order valence-corrected chi connectivity index (χ0v) is 14.0. The van der Waals surface area contributed by atoms with Crippen LogP contribution in [-0.2, 0) is 4.79 Å². The summed E-state index contributed by atoms with van der Waals surface area (Å²) in [5, 5.41) is 7.48. The molecule has 0 radical (unpaired) electrons. The maximum atomic E-state index is 12.4. The Balaban J connectivity index is 1.84. The summed E-state index contributed by atoms with van der Waals surface area (Å²) in [6.45, 7) is 1.91. The van der Waals surface area contributed by atoms with Crippen molar-refractivity contribution in [2.45, 2.75) is 32.2 Å². The normalized spacial score (nSPS) is 21.0. The van der Waals surface area contributed by atoms with Crippen molar-refractivity contribution in [1.29, 1.82) is 0 Å². The fraction of sp³-hybridized carbons (Fsp3) is 0.375. The molecule has 3 rings (SSSR count). The van der Waals surface area contributed by atoms with E-state index in [2.05, 4.69) is 26.3 Å². The number of aromatic nitrogens is 2. The lowest BCUT2D eigenvalue weighted by molar-refractivity contribution is -0.119. The maximum Gasteiger partial charge on any atom is 0.228 e. The molecule has 0 spiro atoms. The number of benzene rings is 1. The highest BCUT2D eigenvalue weighted by atomic mass is 79.9. The van der Waals surface area contributed by atoms with Gasteiger partial charge in [0.1, 0.15) is 5.82 Å². The third kappa shape index (κ3) is 3.23. The van der Waals surface area contributed by atoms with Crippen molar-refractivity contribution in [3.05, 3.63) is 40.5 Å². The summed E-state index contributed by atoms with van der Waals surface area (Å²) in [5.74, 6) is 0.728. The fourth-order valence-electron chi connectivity index (χ4n) is 2.88. The van der Waals surface area contributed by atoms with Crippen molar-refractivity contribution < 1.29 is 4.79 Å². The van der Waals surface area contributed by atoms with Crippen LogP contribution < -0.4 is 11.1 Å². The number of nitrogens with one attached hydrogen (secondary N) is 1. The molecule has 3 N–H and O–H groups in total. The number of aryl methyl sites for hydroxylation is 1. The lowest BCUT2D eigenvalue weighted by atomic mass is 10.1. The Kier molecular flexibility index (Phi) is 4.31. The zero-order valence-electron chi connectivity index (χ0n) is 12.4. The van der Waals surface area contributed by atoms with Crippen LogP contribution >= 0.6 is 15.9 Å². The van der Waals surface area contributed by atoms with Crippen molar-refractivity contribution >= 4 is 27.7 Å². The average molecular weight is 363 g/mol.